The quantitative estimate of drug-likeness (QED) is 0.422. The number of hydrogen-bond acceptors (Lipinski definition) is 5. The summed E-state index contributed by atoms with van der Waals surface area (Å²) in [6.45, 7) is 5.58. The minimum atomic E-state index is -1.12. The Labute approximate surface area is 196 Å². The molecule has 34 heavy (non-hydrogen) atoms. The number of para-hydroxylation sites is 1. The third-order valence-corrected chi connectivity index (χ3v) is 5.74. The Morgan fingerprint density at radius 3 is 2.53 bits per heavy atom. The molecule has 0 bridgehead atoms. The van der Waals surface area contributed by atoms with Crippen LogP contribution in [-0.2, 0) is 16.1 Å². The van der Waals surface area contributed by atoms with E-state index in [1.54, 1.807) is 18.2 Å². The number of carbonyl (C=O) groups excluding carboxylic acids is 2. The zero-order valence-electron chi connectivity index (χ0n) is 19.2. The molecular weight excluding hydrogens is 437 g/mol. The van der Waals surface area contributed by atoms with E-state index in [0.717, 1.165) is 0 Å². The highest BCUT2D eigenvalue weighted by molar-refractivity contribution is 6.01. The average molecular weight is 464 g/mol. The van der Waals surface area contributed by atoms with Crippen molar-refractivity contribution in [1.29, 1.82) is 0 Å². The summed E-state index contributed by atoms with van der Waals surface area (Å²) < 4.78 is 20.8. The molecule has 176 valence electrons. The topological polar surface area (TPSA) is 93.3 Å². The second kappa shape index (κ2) is 9.46. The first-order chi connectivity index (χ1) is 16.3. The Hall–Kier alpha value is -4.01. The van der Waals surface area contributed by atoms with E-state index < -0.39 is 29.2 Å². The third kappa shape index (κ3) is 4.83. The number of aromatic nitrogens is 3. The molecule has 1 atom stereocenters. The van der Waals surface area contributed by atoms with Crippen molar-refractivity contribution in [3.63, 3.8) is 0 Å². The van der Waals surface area contributed by atoms with Crippen LogP contribution < -0.4 is 10.2 Å². The molecule has 1 N–H and O–H groups in total. The summed E-state index contributed by atoms with van der Waals surface area (Å²) in [4.78, 5) is 28.6. The standard InChI is InChI=1S/C25H26FN5O3/c1-4-25(2,3)27-24(33)23(21-10-7-15-34-21)31(18-13-11-17(26)12-14-18)22(32)16-30-20-9-6-5-8-19(20)28-29-30/h5-15,23H,4,16H2,1-3H3,(H,27,33)/t23-/m0/s1. The van der Waals surface area contributed by atoms with Gasteiger partial charge in [0, 0.05) is 11.2 Å². The molecular formula is C25H26FN5O3. The smallest absolute Gasteiger partial charge is 0.251 e. The van der Waals surface area contributed by atoms with Crippen molar-refractivity contribution >= 4 is 28.5 Å². The van der Waals surface area contributed by atoms with Gasteiger partial charge in [0.1, 0.15) is 23.6 Å². The van der Waals surface area contributed by atoms with Crippen LogP contribution in [0, 0.1) is 5.82 Å². The summed E-state index contributed by atoms with van der Waals surface area (Å²) in [6, 6.07) is 14.9. The van der Waals surface area contributed by atoms with Crippen LogP contribution in [0.2, 0.25) is 0 Å². The van der Waals surface area contributed by atoms with Crippen molar-refractivity contribution in [2.45, 2.75) is 45.3 Å². The van der Waals surface area contributed by atoms with Crippen molar-refractivity contribution < 1.29 is 18.4 Å². The zero-order chi connectivity index (χ0) is 24.3. The van der Waals surface area contributed by atoms with Crippen LogP contribution in [0.4, 0.5) is 10.1 Å². The van der Waals surface area contributed by atoms with Crippen LogP contribution in [0.3, 0.4) is 0 Å². The van der Waals surface area contributed by atoms with E-state index in [-0.39, 0.29) is 12.3 Å². The number of hydrogen-bond donors (Lipinski definition) is 1. The van der Waals surface area contributed by atoms with E-state index in [2.05, 4.69) is 15.6 Å². The van der Waals surface area contributed by atoms with Crippen molar-refractivity contribution in [3.05, 3.63) is 78.5 Å². The van der Waals surface area contributed by atoms with Gasteiger partial charge >= 0.3 is 0 Å². The zero-order valence-corrected chi connectivity index (χ0v) is 19.2. The number of anilines is 1. The van der Waals surface area contributed by atoms with E-state index in [1.807, 2.05) is 39.0 Å². The van der Waals surface area contributed by atoms with Crippen molar-refractivity contribution in [2.75, 3.05) is 4.90 Å². The number of nitrogens with zero attached hydrogens (tertiary/aromatic N) is 4. The fraction of sp³-hybridized carbons (Fsp3) is 0.280. The van der Waals surface area contributed by atoms with E-state index in [0.29, 0.717) is 23.1 Å². The Morgan fingerprint density at radius 2 is 1.85 bits per heavy atom. The van der Waals surface area contributed by atoms with Crippen LogP contribution in [0.5, 0.6) is 0 Å². The molecule has 2 heterocycles. The molecule has 0 aliphatic carbocycles. The summed E-state index contributed by atoms with van der Waals surface area (Å²) in [7, 11) is 0. The van der Waals surface area contributed by atoms with E-state index in [1.165, 1.54) is 40.1 Å². The molecule has 2 aromatic carbocycles. The average Bonchev–Trinajstić information content (AvgIpc) is 3.48. The van der Waals surface area contributed by atoms with Gasteiger partial charge in [0.05, 0.1) is 11.8 Å². The van der Waals surface area contributed by atoms with Crippen molar-refractivity contribution in [1.82, 2.24) is 20.3 Å². The predicted molar refractivity (Wildman–Crippen MR) is 125 cm³/mol. The van der Waals surface area contributed by atoms with E-state index >= 15 is 0 Å². The van der Waals surface area contributed by atoms with E-state index in [9.17, 15) is 14.0 Å². The Bertz CT molecular complexity index is 1280. The first kappa shape index (κ1) is 23.2. The van der Waals surface area contributed by atoms with Gasteiger partial charge in [-0.05, 0) is 68.8 Å². The molecule has 2 aromatic heterocycles. The molecule has 0 radical (unpaired) electrons. The number of carbonyl (C=O) groups is 2. The van der Waals surface area contributed by atoms with Gasteiger partial charge in [0.2, 0.25) is 5.91 Å². The lowest BCUT2D eigenvalue weighted by atomic mass is 10.0. The number of amides is 2. The largest absolute Gasteiger partial charge is 0.467 e. The van der Waals surface area contributed by atoms with Gasteiger partial charge in [0.15, 0.2) is 6.04 Å². The Morgan fingerprint density at radius 1 is 1.12 bits per heavy atom. The summed E-state index contributed by atoms with van der Waals surface area (Å²) in [5, 5.41) is 11.2. The molecule has 0 aliphatic heterocycles. The molecule has 0 fully saturated rings. The number of fused-ring (bicyclic) bond motifs is 1. The molecule has 4 aromatic rings. The van der Waals surface area contributed by atoms with Crippen LogP contribution in [0.15, 0.2) is 71.3 Å². The van der Waals surface area contributed by atoms with Gasteiger partial charge in [-0.25, -0.2) is 9.07 Å². The maximum absolute atomic E-state index is 13.7. The lowest BCUT2D eigenvalue weighted by Crippen LogP contribution is -2.51. The molecule has 9 heteroatoms. The van der Waals surface area contributed by atoms with Gasteiger partial charge in [-0.2, -0.15) is 0 Å². The minimum Gasteiger partial charge on any atom is -0.467 e. The van der Waals surface area contributed by atoms with Gasteiger partial charge in [-0.1, -0.05) is 24.3 Å². The van der Waals surface area contributed by atoms with Crippen LogP contribution >= 0.6 is 0 Å². The number of benzene rings is 2. The summed E-state index contributed by atoms with van der Waals surface area (Å²) in [5.41, 5.74) is 1.16. The fourth-order valence-corrected chi connectivity index (χ4v) is 3.59. The highest BCUT2D eigenvalue weighted by Crippen LogP contribution is 2.30. The third-order valence-electron chi connectivity index (χ3n) is 5.74. The monoisotopic (exact) mass is 463 g/mol. The Balaban J connectivity index is 1.77. The predicted octanol–water partition coefficient (Wildman–Crippen LogP) is 4.24. The van der Waals surface area contributed by atoms with Gasteiger partial charge in [-0.3, -0.25) is 14.5 Å². The van der Waals surface area contributed by atoms with Crippen molar-refractivity contribution in [3.8, 4) is 0 Å². The summed E-state index contributed by atoms with van der Waals surface area (Å²) >= 11 is 0. The molecule has 0 aliphatic rings. The minimum absolute atomic E-state index is 0.181. The van der Waals surface area contributed by atoms with Crippen LogP contribution in [0.25, 0.3) is 11.0 Å². The Kier molecular flexibility index (Phi) is 6.45. The second-order valence-electron chi connectivity index (χ2n) is 8.62. The molecule has 2 amide bonds. The fourth-order valence-electron chi connectivity index (χ4n) is 3.59. The molecule has 0 unspecified atom stereocenters. The van der Waals surface area contributed by atoms with E-state index in [4.69, 9.17) is 4.42 Å². The SMILES string of the molecule is CCC(C)(C)NC(=O)[C@H](c1ccco1)N(C(=O)Cn1nnc2ccccc21)c1ccc(F)cc1. The van der Waals surface area contributed by atoms with Gasteiger partial charge in [0.25, 0.3) is 5.91 Å². The highest BCUT2D eigenvalue weighted by atomic mass is 19.1. The molecule has 4 rings (SSSR count). The molecule has 0 saturated heterocycles. The highest BCUT2D eigenvalue weighted by Gasteiger charge is 2.37. The molecule has 0 spiro atoms. The summed E-state index contributed by atoms with van der Waals surface area (Å²) in [5.74, 6) is -1.02. The first-order valence-corrected chi connectivity index (χ1v) is 11.0. The summed E-state index contributed by atoms with van der Waals surface area (Å²) in [6.07, 6.45) is 2.12. The van der Waals surface area contributed by atoms with Crippen molar-refractivity contribution in [2.24, 2.45) is 0 Å². The molecule has 0 saturated carbocycles. The second-order valence-corrected chi connectivity index (χ2v) is 8.62. The van der Waals surface area contributed by atoms with Gasteiger partial charge < -0.3 is 9.73 Å². The lowest BCUT2D eigenvalue weighted by molar-refractivity contribution is -0.128. The molecule has 8 nitrogen and oxygen atoms in total. The normalized spacial score (nSPS) is 12.5. The maximum atomic E-state index is 13.7. The van der Waals surface area contributed by atoms with Crippen LogP contribution in [-0.4, -0.2) is 32.3 Å². The maximum Gasteiger partial charge on any atom is 0.251 e. The first-order valence-electron chi connectivity index (χ1n) is 11.0. The van der Waals surface area contributed by atoms with Gasteiger partial charge in [-0.15, -0.1) is 5.10 Å². The number of furan rings is 1. The lowest BCUT2D eigenvalue weighted by Gasteiger charge is -2.33. The number of halogens is 1. The number of rotatable bonds is 8. The van der Waals surface area contributed by atoms with Crippen LogP contribution in [0.1, 0.15) is 39.0 Å². The number of nitrogens with one attached hydrogen (secondary N) is 1.